The maximum absolute atomic E-state index is 11.7. The van der Waals surface area contributed by atoms with E-state index < -0.39 is 0 Å². The Hall–Kier alpha value is -1.58. The predicted molar refractivity (Wildman–Crippen MR) is 64.0 cm³/mol. The monoisotopic (exact) mass is 219 g/mol. The first-order valence-corrected chi connectivity index (χ1v) is 5.66. The van der Waals surface area contributed by atoms with Crippen molar-refractivity contribution in [3.8, 4) is 0 Å². The van der Waals surface area contributed by atoms with Crippen LogP contribution in [0.5, 0.6) is 0 Å². The predicted octanol–water partition coefficient (Wildman–Crippen LogP) is 2.02. The van der Waals surface area contributed by atoms with Crippen LogP contribution in [0.1, 0.15) is 43.6 Å². The third kappa shape index (κ3) is 1.54. The number of hydrogen-bond donors (Lipinski definition) is 1. The van der Waals surface area contributed by atoms with Crippen LogP contribution in [0.4, 0.5) is 0 Å². The fraction of sp³-hybridized carbons (Fsp3) is 0.500. The summed E-state index contributed by atoms with van der Waals surface area (Å²) in [5.74, 6) is 0.369. The molecule has 0 aromatic carbocycles. The Balaban J connectivity index is 2.81. The Bertz CT molecular complexity index is 578. The molecule has 0 amide bonds. The highest BCUT2D eigenvalue weighted by molar-refractivity contribution is 5.42. The van der Waals surface area contributed by atoms with E-state index in [9.17, 15) is 4.79 Å². The molecule has 0 saturated heterocycles. The van der Waals surface area contributed by atoms with Gasteiger partial charge in [-0.15, -0.1) is 0 Å². The normalized spacial score (nSPS) is 11.6. The first-order chi connectivity index (χ1) is 7.54. The summed E-state index contributed by atoms with van der Waals surface area (Å²) in [6.07, 6.45) is 0.811. The molecule has 2 aromatic rings. The summed E-state index contributed by atoms with van der Waals surface area (Å²) in [5, 5.41) is 4.53. The van der Waals surface area contributed by atoms with Crippen molar-refractivity contribution in [2.24, 2.45) is 0 Å². The molecule has 16 heavy (non-hydrogen) atoms. The topological polar surface area (TPSA) is 50.2 Å². The lowest BCUT2D eigenvalue weighted by Gasteiger charge is -2.04. The van der Waals surface area contributed by atoms with Crippen LogP contribution in [0.25, 0.3) is 5.65 Å². The summed E-state index contributed by atoms with van der Waals surface area (Å²) < 4.78 is 1.85. The Kier molecular flexibility index (Phi) is 2.58. The van der Waals surface area contributed by atoms with Gasteiger partial charge in [-0.3, -0.25) is 4.79 Å². The van der Waals surface area contributed by atoms with E-state index in [1.807, 2.05) is 24.4 Å². The molecule has 2 heterocycles. The van der Waals surface area contributed by atoms with Crippen LogP contribution in [-0.2, 0) is 6.42 Å². The molecule has 0 unspecified atom stereocenters. The van der Waals surface area contributed by atoms with Gasteiger partial charge in [-0.05, 0) is 19.3 Å². The van der Waals surface area contributed by atoms with Gasteiger partial charge < -0.3 is 4.98 Å². The minimum Gasteiger partial charge on any atom is -0.307 e. The van der Waals surface area contributed by atoms with E-state index in [4.69, 9.17) is 0 Å². The second-order valence-electron chi connectivity index (χ2n) is 4.40. The average Bonchev–Trinajstić information content (AvgIpc) is 2.63. The van der Waals surface area contributed by atoms with E-state index in [2.05, 4.69) is 23.9 Å². The molecule has 0 spiro atoms. The van der Waals surface area contributed by atoms with Crippen LogP contribution in [-0.4, -0.2) is 14.6 Å². The minimum absolute atomic E-state index is 0.0143. The maximum atomic E-state index is 11.7. The number of aromatic amines is 1. The number of nitrogens with one attached hydrogen (secondary N) is 1. The van der Waals surface area contributed by atoms with E-state index in [0.29, 0.717) is 5.92 Å². The highest BCUT2D eigenvalue weighted by Gasteiger charge is 2.11. The van der Waals surface area contributed by atoms with Gasteiger partial charge in [0.1, 0.15) is 5.65 Å². The van der Waals surface area contributed by atoms with Crippen LogP contribution in [0, 0.1) is 6.92 Å². The molecule has 4 heteroatoms. The standard InChI is InChI=1S/C12H17N3O/c1-5-10-8(4)12(16)13-11-6-9(7(2)3)14-15(10)11/h6-7H,5H2,1-4H3,(H,13,16). The number of H-pyrrole nitrogens is 1. The molecule has 0 atom stereocenters. The highest BCUT2D eigenvalue weighted by atomic mass is 16.1. The molecule has 2 aromatic heterocycles. The number of nitrogens with zero attached hydrogens (tertiary/aromatic N) is 2. The zero-order valence-electron chi connectivity index (χ0n) is 10.2. The Morgan fingerprint density at radius 3 is 2.75 bits per heavy atom. The summed E-state index contributed by atoms with van der Waals surface area (Å²) in [5.41, 5.74) is 3.53. The van der Waals surface area contributed by atoms with Gasteiger partial charge in [0, 0.05) is 11.6 Å². The largest absolute Gasteiger partial charge is 0.307 e. The SMILES string of the molecule is CCc1c(C)c(=O)[nH]c2cc(C(C)C)nn12. The molecule has 0 aliphatic carbocycles. The molecular weight excluding hydrogens is 202 g/mol. The van der Waals surface area contributed by atoms with E-state index in [1.165, 1.54) is 0 Å². The maximum Gasteiger partial charge on any atom is 0.254 e. The Morgan fingerprint density at radius 1 is 1.50 bits per heavy atom. The van der Waals surface area contributed by atoms with Crippen molar-refractivity contribution in [2.75, 3.05) is 0 Å². The fourth-order valence-corrected chi connectivity index (χ4v) is 1.89. The fourth-order valence-electron chi connectivity index (χ4n) is 1.89. The van der Waals surface area contributed by atoms with Crippen molar-refractivity contribution in [3.05, 3.63) is 33.4 Å². The van der Waals surface area contributed by atoms with Crippen LogP contribution in [0.15, 0.2) is 10.9 Å². The first-order valence-electron chi connectivity index (χ1n) is 5.66. The van der Waals surface area contributed by atoms with Crippen molar-refractivity contribution in [1.82, 2.24) is 14.6 Å². The number of rotatable bonds is 2. The van der Waals surface area contributed by atoms with E-state index >= 15 is 0 Å². The second-order valence-corrected chi connectivity index (χ2v) is 4.40. The molecule has 0 saturated carbocycles. The smallest absolute Gasteiger partial charge is 0.254 e. The third-order valence-electron chi connectivity index (χ3n) is 2.93. The number of aryl methyl sites for hydroxylation is 1. The lowest BCUT2D eigenvalue weighted by molar-refractivity contribution is 0.757. The van der Waals surface area contributed by atoms with Gasteiger partial charge in [-0.1, -0.05) is 20.8 Å². The summed E-state index contributed by atoms with van der Waals surface area (Å²) in [6.45, 7) is 8.07. The number of fused-ring (bicyclic) bond motifs is 1. The molecule has 0 radical (unpaired) electrons. The van der Waals surface area contributed by atoms with E-state index in [0.717, 1.165) is 29.0 Å². The van der Waals surface area contributed by atoms with Gasteiger partial charge in [0.15, 0.2) is 0 Å². The summed E-state index contributed by atoms with van der Waals surface area (Å²) in [4.78, 5) is 14.5. The molecule has 0 fully saturated rings. The summed E-state index contributed by atoms with van der Waals surface area (Å²) >= 11 is 0. The minimum atomic E-state index is -0.0143. The van der Waals surface area contributed by atoms with Gasteiger partial charge >= 0.3 is 0 Å². The van der Waals surface area contributed by atoms with Crippen molar-refractivity contribution >= 4 is 5.65 Å². The molecule has 86 valence electrons. The van der Waals surface area contributed by atoms with Crippen molar-refractivity contribution in [3.63, 3.8) is 0 Å². The van der Waals surface area contributed by atoms with Crippen LogP contribution < -0.4 is 5.56 Å². The van der Waals surface area contributed by atoms with Gasteiger partial charge in [0.05, 0.1) is 11.4 Å². The molecule has 4 nitrogen and oxygen atoms in total. The molecule has 0 aliphatic heterocycles. The third-order valence-corrected chi connectivity index (χ3v) is 2.93. The molecule has 0 aliphatic rings. The molecule has 1 N–H and O–H groups in total. The zero-order chi connectivity index (χ0) is 11.9. The van der Waals surface area contributed by atoms with Gasteiger partial charge in [0.2, 0.25) is 0 Å². The molecule has 0 bridgehead atoms. The van der Waals surface area contributed by atoms with Crippen LogP contribution in [0.3, 0.4) is 0 Å². The molecular formula is C12H17N3O. The van der Waals surface area contributed by atoms with Crippen molar-refractivity contribution in [2.45, 2.75) is 40.0 Å². The summed E-state index contributed by atoms with van der Waals surface area (Å²) in [6, 6.07) is 1.95. The van der Waals surface area contributed by atoms with Gasteiger partial charge in [-0.25, -0.2) is 4.52 Å². The number of aromatic nitrogens is 3. The van der Waals surface area contributed by atoms with Gasteiger partial charge in [0.25, 0.3) is 5.56 Å². The zero-order valence-corrected chi connectivity index (χ0v) is 10.2. The quantitative estimate of drug-likeness (QED) is 0.840. The van der Waals surface area contributed by atoms with Crippen LogP contribution >= 0.6 is 0 Å². The Labute approximate surface area is 94.3 Å². The van der Waals surface area contributed by atoms with E-state index in [1.54, 1.807) is 0 Å². The molecule has 2 rings (SSSR count). The first kappa shape index (κ1) is 10.9. The average molecular weight is 219 g/mol. The van der Waals surface area contributed by atoms with E-state index in [-0.39, 0.29) is 5.56 Å². The number of hydrogen-bond acceptors (Lipinski definition) is 2. The van der Waals surface area contributed by atoms with Gasteiger partial charge in [-0.2, -0.15) is 5.10 Å². The lowest BCUT2D eigenvalue weighted by atomic mass is 10.1. The summed E-state index contributed by atoms with van der Waals surface area (Å²) in [7, 11) is 0. The highest BCUT2D eigenvalue weighted by Crippen LogP contribution is 2.15. The second kappa shape index (κ2) is 3.77. The van der Waals surface area contributed by atoms with Crippen molar-refractivity contribution < 1.29 is 0 Å². The Morgan fingerprint density at radius 2 is 2.19 bits per heavy atom. The lowest BCUT2D eigenvalue weighted by Crippen LogP contribution is -2.16. The van der Waals surface area contributed by atoms with Crippen molar-refractivity contribution in [1.29, 1.82) is 0 Å². The van der Waals surface area contributed by atoms with Crippen LogP contribution in [0.2, 0.25) is 0 Å².